The molecule has 0 spiro atoms. The molecule has 0 amide bonds. The summed E-state index contributed by atoms with van der Waals surface area (Å²) in [6, 6.07) is 4.88. The highest BCUT2D eigenvalue weighted by Crippen LogP contribution is 2.24. The van der Waals surface area contributed by atoms with E-state index >= 15 is 0 Å². The van der Waals surface area contributed by atoms with E-state index in [0.717, 1.165) is 19.5 Å². The molecule has 0 saturated carbocycles. The summed E-state index contributed by atoms with van der Waals surface area (Å²) >= 11 is 0. The number of hydrogen-bond donors (Lipinski definition) is 3. The van der Waals surface area contributed by atoms with Crippen LogP contribution in [-0.4, -0.2) is 78.6 Å². The van der Waals surface area contributed by atoms with Gasteiger partial charge >= 0.3 is 0 Å². The normalized spacial score (nSPS) is 22.4. The van der Waals surface area contributed by atoms with Crippen LogP contribution >= 0.6 is 0 Å². The number of nitrogens with one attached hydrogen (secondary N) is 3. The minimum Gasteiger partial charge on any atom is -0.494 e. The Morgan fingerprint density at radius 3 is 2.66 bits per heavy atom. The smallest absolute Gasteiger partial charge is 0.233 e. The van der Waals surface area contributed by atoms with Gasteiger partial charge in [-0.15, -0.1) is 0 Å². The van der Waals surface area contributed by atoms with Crippen LogP contribution in [0.25, 0.3) is 0 Å². The lowest BCUT2D eigenvalue weighted by Gasteiger charge is -2.23. The number of likely N-dealkylation sites (N-methyl/N-ethyl adjacent to an activating group) is 1. The Morgan fingerprint density at radius 1 is 1.09 bits per heavy atom. The van der Waals surface area contributed by atoms with E-state index in [9.17, 15) is 12.8 Å². The third-order valence-electron chi connectivity index (χ3n) is 6.56. The molecule has 192 valence electrons. The molecular weight excluding hydrogens is 473 g/mol. The minimum absolute atomic E-state index is 0.0563. The predicted molar refractivity (Wildman–Crippen MR) is 135 cm³/mol. The van der Waals surface area contributed by atoms with Crippen molar-refractivity contribution < 1.29 is 17.5 Å². The number of sulfone groups is 1. The number of anilines is 4. The summed E-state index contributed by atoms with van der Waals surface area (Å²) in [5.41, 5.74) is 0.472. The van der Waals surface area contributed by atoms with Gasteiger partial charge in [0.1, 0.15) is 9.84 Å². The molecule has 35 heavy (non-hydrogen) atoms. The lowest BCUT2D eigenvalue weighted by Crippen LogP contribution is -2.35. The third-order valence-corrected chi connectivity index (χ3v) is 8.33. The molecule has 2 unspecified atom stereocenters. The average molecular weight is 508 g/mol. The number of hydrogen-bond acceptors (Lipinski definition) is 10. The van der Waals surface area contributed by atoms with Gasteiger partial charge in [-0.3, -0.25) is 4.90 Å². The van der Waals surface area contributed by atoms with Gasteiger partial charge < -0.3 is 20.7 Å². The Bertz CT molecular complexity index is 1120. The molecule has 3 N–H and O–H groups in total. The second kappa shape index (κ2) is 11.3. The lowest BCUT2D eigenvalue weighted by molar-refractivity contribution is 0.277. The third kappa shape index (κ3) is 6.91. The molecule has 4 rings (SSSR count). The number of ether oxygens (including phenoxy) is 1. The summed E-state index contributed by atoms with van der Waals surface area (Å²) in [5.74, 6) is 1.02. The van der Waals surface area contributed by atoms with Crippen LogP contribution in [-0.2, 0) is 9.84 Å². The largest absolute Gasteiger partial charge is 0.494 e. The van der Waals surface area contributed by atoms with E-state index in [4.69, 9.17) is 4.74 Å². The number of halogens is 1. The molecule has 2 saturated heterocycles. The van der Waals surface area contributed by atoms with E-state index in [1.165, 1.54) is 25.7 Å². The van der Waals surface area contributed by atoms with Gasteiger partial charge in [0.15, 0.2) is 11.6 Å². The molecule has 2 aliphatic heterocycles. The van der Waals surface area contributed by atoms with Crippen LogP contribution in [0.2, 0.25) is 0 Å². The van der Waals surface area contributed by atoms with Crippen molar-refractivity contribution in [3.8, 4) is 5.75 Å². The molecule has 2 aliphatic rings. The predicted octanol–water partition coefficient (Wildman–Crippen LogP) is 3.04. The van der Waals surface area contributed by atoms with Crippen LogP contribution in [0.5, 0.6) is 5.75 Å². The zero-order valence-corrected chi connectivity index (χ0v) is 21.1. The Kier molecular flexibility index (Phi) is 8.22. The Hall–Kier alpha value is -2.73. The molecule has 3 heterocycles. The topological polar surface area (TPSA) is 121 Å². The number of methoxy groups -OCH3 is 1. The van der Waals surface area contributed by atoms with Crippen LogP contribution in [0.4, 0.5) is 27.9 Å². The molecule has 10 nitrogen and oxygen atoms in total. The van der Waals surface area contributed by atoms with E-state index in [2.05, 4.69) is 42.7 Å². The molecule has 2 aromatic rings. The van der Waals surface area contributed by atoms with Crippen molar-refractivity contribution in [3.63, 3.8) is 0 Å². The van der Waals surface area contributed by atoms with Crippen LogP contribution in [0.1, 0.15) is 39.0 Å². The molecular formula is C23H34FN7O3S. The van der Waals surface area contributed by atoms with Gasteiger partial charge in [-0.1, -0.05) is 6.92 Å². The number of benzene rings is 1. The van der Waals surface area contributed by atoms with Gasteiger partial charge in [-0.2, -0.15) is 15.0 Å². The molecule has 12 heteroatoms. The first-order valence-corrected chi connectivity index (χ1v) is 14.0. The zero-order valence-electron chi connectivity index (χ0n) is 20.3. The van der Waals surface area contributed by atoms with Gasteiger partial charge in [0.25, 0.3) is 0 Å². The maximum absolute atomic E-state index is 14.2. The number of likely N-dealkylation sites (tertiary alicyclic amines) is 1. The summed E-state index contributed by atoms with van der Waals surface area (Å²) in [7, 11) is -1.59. The summed E-state index contributed by atoms with van der Waals surface area (Å²) in [6.45, 7) is 4.95. The van der Waals surface area contributed by atoms with Gasteiger partial charge in [-0.25, -0.2) is 12.8 Å². The van der Waals surface area contributed by atoms with Crippen molar-refractivity contribution in [1.29, 1.82) is 0 Å². The highest BCUT2D eigenvalue weighted by atomic mass is 32.2. The lowest BCUT2D eigenvalue weighted by atomic mass is 10.1. The van der Waals surface area contributed by atoms with Gasteiger partial charge in [0.2, 0.25) is 17.8 Å². The quantitative estimate of drug-likeness (QED) is 0.467. The second-order valence-electron chi connectivity index (χ2n) is 9.01. The second-order valence-corrected chi connectivity index (χ2v) is 11.3. The first-order valence-electron chi connectivity index (χ1n) is 12.2. The zero-order chi connectivity index (χ0) is 24.8. The average Bonchev–Trinajstić information content (AvgIpc) is 3.21. The Balaban J connectivity index is 1.53. The van der Waals surface area contributed by atoms with Crippen molar-refractivity contribution in [3.05, 3.63) is 24.0 Å². The number of nitrogens with zero attached hydrogens (tertiary/aromatic N) is 4. The summed E-state index contributed by atoms with van der Waals surface area (Å²) in [6.07, 6.45) is 4.10. The van der Waals surface area contributed by atoms with Crippen LogP contribution < -0.4 is 20.7 Å². The Morgan fingerprint density at radius 2 is 1.89 bits per heavy atom. The van der Waals surface area contributed by atoms with Crippen molar-refractivity contribution in [2.75, 3.05) is 54.2 Å². The summed E-state index contributed by atoms with van der Waals surface area (Å²) in [5, 5.41) is 9.67. The molecule has 2 atom stereocenters. The van der Waals surface area contributed by atoms with E-state index in [1.54, 1.807) is 6.07 Å². The van der Waals surface area contributed by atoms with E-state index in [-0.39, 0.29) is 29.2 Å². The van der Waals surface area contributed by atoms with E-state index in [1.807, 2.05) is 0 Å². The monoisotopic (exact) mass is 507 g/mol. The fourth-order valence-electron chi connectivity index (χ4n) is 4.65. The van der Waals surface area contributed by atoms with Crippen molar-refractivity contribution in [2.24, 2.45) is 0 Å². The molecule has 0 radical (unpaired) electrons. The number of aromatic nitrogens is 3. The SMILES string of the molecule is CCN1CCCC1CNc1nc(Nc2ccc(OC)c(F)c2)nc(NC2CCCS(=O)(=O)CC2)n1. The highest BCUT2D eigenvalue weighted by molar-refractivity contribution is 7.91. The fourth-order valence-corrected chi connectivity index (χ4v) is 6.10. The van der Waals surface area contributed by atoms with Crippen LogP contribution in [0.3, 0.4) is 0 Å². The van der Waals surface area contributed by atoms with Gasteiger partial charge in [0, 0.05) is 30.4 Å². The molecule has 0 bridgehead atoms. The molecule has 0 aliphatic carbocycles. The highest BCUT2D eigenvalue weighted by Gasteiger charge is 2.24. The first-order chi connectivity index (χ1) is 16.8. The minimum atomic E-state index is -3.01. The van der Waals surface area contributed by atoms with Gasteiger partial charge in [0.05, 0.1) is 18.6 Å². The summed E-state index contributed by atoms with van der Waals surface area (Å²) < 4.78 is 43.1. The molecule has 1 aromatic heterocycles. The molecule has 1 aromatic carbocycles. The van der Waals surface area contributed by atoms with Crippen molar-refractivity contribution >= 4 is 33.4 Å². The first kappa shape index (κ1) is 25.4. The fraction of sp³-hybridized carbons (Fsp3) is 0.609. The maximum Gasteiger partial charge on any atom is 0.233 e. The standard InChI is InChI=1S/C23H34FN7O3S/c1-3-31-11-4-7-18(31)15-25-21-28-22(26-16-6-5-12-35(32,33)13-10-16)30-23(29-21)27-17-8-9-20(34-2)19(24)14-17/h8-9,14,16,18H,3-7,10-13,15H2,1-2H3,(H3,25,26,27,28,29,30). The molecule has 2 fully saturated rings. The maximum atomic E-state index is 14.2. The van der Waals surface area contributed by atoms with Gasteiger partial charge in [-0.05, 0) is 57.3 Å². The van der Waals surface area contributed by atoms with Crippen molar-refractivity contribution in [2.45, 2.75) is 51.1 Å². The van der Waals surface area contributed by atoms with E-state index < -0.39 is 15.7 Å². The van der Waals surface area contributed by atoms with Crippen LogP contribution in [0.15, 0.2) is 18.2 Å². The summed E-state index contributed by atoms with van der Waals surface area (Å²) in [4.78, 5) is 15.9. The number of rotatable bonds is 9. The van der Waals surface area contributed by atoms with Crippen LogP contribution in [0, 0.1) is 5.82 Å². The van der Waals surface area contributed by atoms with Crippen molar-refractivity contribution in [1.82, 2.24) is 19.9 Å². The van der Waals surface area contributed by atoms with E-state index in [0.29, 0.717) is 49.4 Å². The Labute approximate surface area is 206 Å².